The standard InChI is InChI=1S/C28H38N6OS/c1-34(8-5-9-35)25-21-10-19-11-22(25)14-28(12-19,13-21)18-32-26-23(15-29)17-31-27(33-26)30-16-20-6-3-4-7-24(20)36-2/h3-4,6-7,17,19,21-22,25,35H,5,8-14,16,18H2,1-2H3,(H2,30,31,32,33)/t19?,21-,22+,25-,28-. The van der Waals surface area contributed by atoms with Gasteiger partial charge in [0.2, 0.25) is 5.95 Å². The van der Waals surface area contributed by atoms with Gasteiger partial charge in [-0.2, -0.15) is 10.2 Å². The Morgan fingerprint density at radius 3 is 2.69 bits per heavy atom. The predicted octanol–water partition coefficient (Wildman–Crippen LogP) is 4.60. The molecule has 0 amide bonds. The maximum atomic E-state index is 9.70. The van der Waals surface area contributed by atoms with Gasteiger partial charge in [-0.25, -0.2) is 4.98 Å². The average Bonchev–Trinajstić information content (AvgIpc) is 2.89. The smallest absolute Gasteiger partial charge is 0.224 e. The van der Waals surface area contributed by atoms with Gasteiger partial charge in [-0.05, 0) is 86.6 Å². The van der Waals surface area contributed by atoms with Crippen molar-refractivity contribution in [2.75, 3.05) is 43.6 Å². The molecule has 1 aromatic carbocycles. The minimum Gasteiger partial charge on any atom is -0.396 e. The van der Waals surface area contributed by atoms with Crippen LogP contribution in [0.5, 0.6) is 0 Å². The third kappa shape index (κ3) is 5.20. The molecule has 4 saturated carbocycles. The summed E-state index contributed by atoms with van der Waals surface area (Å²) >= 11 is 1.73. The number of thioether (sulfide) groups is 1. The first-order chi connectivity index (χ1) is 17.5. The number of hydrogen-bond donors (Lipinski definition) is 3. The first-order valence-corrected chi connectivity index (χ1v) is 14.4. The number of aliphatic hydroxyl groups excluding tert-OH is 1. The van der Waals surface area contributed by atoms with Gasteiger partial charge in [0.1, 0.15) is 17.5 Å². The van der Waals surface area contributed by atoms with Crippen molar-refractivity contribution in [3.8, 4) is 6.07 Å². The molecule has 192 valence electrons. The van der Waals surface area contributed by atoms with E-state index in [0.29, 0.717) is 29.9 Å². The summed E-state index contributed by atoms with van der Waals surface area (Å²) in [5.74, 6) is 3.47. The average molecular weight is 507 g/mol. The molecule has 0 radical (unpaired) electrons. The highest BCUT2D eigenvalue weighted by atomic mass is 32.2. The molecular formula is C28H38N6OS. The van der Waals surface area contributed by atoms with Gasteiger partial charge >= 0.3 is 0 Å². The molecule has 4 aliphatic rings. The number of anilines is 2. The second-order valence-electron chi connectivity index (χ2n) is 11.1. The minimum absolute atomic E-state index is 0.268. The first-order valence-electron chi connectivity index (χ1n) is 13.2. The number of nitriles is 1. The van der Waals surface area contributed by atoms with Gasteiger partial charge in [-0.1, -0.05) is 18.2 Å². The van der Waals surface area contributed by atoms with E-state index in [9.17, 15) is 10.4 Å². The van der Waals surface area contributed by atoms with Crippen molar-refractivity contribution in [2.45, 2.75) is 56.0 Å². The summed E-state index contributed by atoms with van der Waals surface area (Å²) in [5, 5.41) is 25.9. The van der Waals surface area contributed by atoms with Gasteiger partial charge in [0.15, 0.2) is 0 Å². The lowest BCUT2D eigenvalue weighted by atomic mass is 9.47. The first kappa shape index (κ1) is 25.3. The lowest BCUT2D eigenvalue weighted by molar-refractivity contribution is -0.102. The molecule has 0 saturated heterocycles. The largest absolute Gasteiger partial charge is 0.396 e. The number of rotatable bonds is 11. The highest BCUT2D eigenvalue weighted by molar-refractivity contribution is 7.98. The summed E-state index contributed by atoms with van der Waals surface area (Å²) in [6.45, 7) is 2.75. The van der Waals surface area contributed by atoms with Crippen LogP contribution in [0.3, 0.4) is 0 Å². The number of nitrogens with one attached hydrogen (secondary N) is 2. The van der Waals surface area contributed by atoms with Crippen LogP contribution in [0.15, 0.2) is 35.4 Å². The van der Waals surface area contributed by atoms with E-state index in [1.165, 1.54) is 42.6 Å². The third-order valence-electron chi connectivity index (χ3n) is 8.70. The minimum atomic E-state index is 0.268. The van der Waals surface area contributed by atoms with E-state index in [1.807, 2.05) is 6.07 Å². The molecule has 7 nitrogen and oxygen atoms in total. The summed E-state index contributed by atoms with van der Waals surface area (Å²) in [5.41, 5.74) is 1.99. The third-order valence-corrected chi connectivity index (χ3v) is 9.54. The zero-order chi connectivity index (χ0) is 25.1. The molecule has 0 spiro atoms. The predicted molar refractivity (Wildman–Crippen MR) is 145 cm³/mol. The Kier molecular flexibility index (Phi) is 7.71. The van der Waals surface area contributed by atoms with E-state index in [-0.39, 0.29) is 12.0 Å². The van der Waals surface area contributed by atoms with Crippen molar-refractivity contribution < 1.29 is 5.11 Å². The van der Waals surface area contributed by atoms with Gasteiger partial charge in [-0.15, -0.1) is 11.8 Å². The number of aliphatic hydroxyl groups is 1. The van der Waals surface area contributed by atoms with Gasteiger partial charge < -0.3 is 20.6 Å². The Balaban J connectivity index is 1.26. The van der Waals surface area contributed by atoms with Crippen LogP contribution < -0.4 is 10.6 Å². The zero-order valence-corrected chi connectivity index (χ0v) is 22.2. The maximum Gasteiger partial charge on any atom is 0.224 e. The van der Waals surface area contributed by atoms with Gasteiger partial charge in [-0.3, -0.25) is 0 Å². The molecular weight excluding hydrogens is 468 g/mol. The molecule has 5 atom stereocenters. The van der Waals surface area contributed by atoms with Crippen LogP contribution in [0, 0.1) is 34.5 Å². The monoisotopic (exact) mass is 506 g/mol. The van der Waals surface area contributed by atoms with Crippen molar-refractivity contribution >= 4 is 23.5 Å². The molecule has 2 aromatic rings. The summed E-state index contributed by atoms with van der Waals surface area (Å²) in [4.78, 5) is 12.9. The fourth-order valence-corrected chi connectivity index (χ4v) is 8.17. The molecule has 36 heavy (non-hydrogen) atoms. The van der Waals surface area contributed by atoms with Crippen molar-refractivity contribution in [3.05, 3.63) is 41.6 Å². The molecule has 6 rings (SSSR count). The van der Waals surface area contributed by atoms with Crippen molar-refractivity contribution in [1.82, 2.24) is 14.9 Å². The Hall–Kier alpha value is -2.34. The van der Waals surface area contributed by atoms with Crippen LogP contribution in [0.4, 0.5) is 11.8 Å². The summed E-state index contributed by atoms with van der Waals surface area (Å²) in [6, 6.07) is 11.2. The number of hydrogen-bond acceptors (Lipinski definition) is 8. The molecule has 8 heteroatoms. The lowest BCUT2D eigenvalue weighted by Gasteiger charge is -2.62. The highest BCUT2D eigenvalue weighted by Gasteiger charge is 2.55. The SMILES string of the molecule is CSc1ccccc1CNc1ncc(C#N)c(NC[C@]23CC4C[C@H](C2)[C@@H](N(C)CCCO)[C@@H](C4)C3)n1. The Bertz CT molecular complexity index is 1090. The van der Waals surface area contributed by atoms with E-state index in [0.717, 1.165) is 37.3 Å². The van der Waals surface area contributed by atoms with Crippen LogP contribution in [-0.2, 0) is 6.54 Å². The Labute approximate surface area is 219 Å². The van der Waals surface area contributed by atoms with Crippen LogP contribution in [0.1, 0.15) is 49.7 Å². The summed E-state index contributed by atoms with van der Waals surface area (Å²) in [7, 11) is 2.25. The Morgan fingerprint density at radius 2 is 1.97 bits per heavy atom. The summed E-state index contributed by atoms with van der Waals surface area (Å²) in [6.07, 6.45) is 11.0. The second kappa shape index (κ2) is 11.0. The maximum absolute atomic E-state index is 9.70. The molecule has 1 heterocycles. The highest BCUT2D eigenvalue weighted by Crippen LogP contribution is 2.61. The molecule has 4 fully saturated rings. The fourth-order valence-electron chi connectivity index (χ4n) is 7.55. The lowest BCUT2D eigenvalue weighted by Crippen LogP contribution is -2.60. The fraction of sp³-hybridized carbons (Fsp3) is 0.607. The number of benzene rings is 1. The van der Waals surface area contributed by atoms with Crippen molar-refractivity contribution in [3.63, 3.8) is 0 Å². The van der Waals surface area contributed by atoms with E-state index in [2.05, 4.69) is 58.1 Å². The molecule has 4 bridgehead atoms. The van der Waals surface area contributed by atoms with Gasteiger partial charge in [0.05, 0.1) is 6.20 Å². The number of nitrogens with zero attached hydrogens (tertiary/aromatic N) is 4. The van der Waals surface area contributed by atoms with Crippen molar-refractivity contribution in [2.24, 2.45) is 23.2 Å². The molecule has 3 N–H and O–H groups in total. The van der Waals surface area contributed by atoms with Gasteiger partial charge in [0.25, 0.3) is 0 Å². The molecule has 1 aromatic heterocycles. The van der Waals surface area contributed by atoms with E-state index < -0.39 is 0 Å². The quantitative estimate of drug-likeness (QED) is 0.381. The van der Waals surface area contributed by atoms with Crippen LogP contribution >= 0.6 is 11.8 Å². The van der Waals surface area contributed by atoms with Crippen LogP contribution in [-0.4, -0.2) is 59.0 Å². The normalized spacial score (nSPS) is 28.3. The molecule has 4 aliphatic carbocycles. The zero-order valence-electron chi connectivity index (χ0n) is 21.4. The molecule has 1 unspecified atom stereocenters. The van der Waals surface area contributed by atoms with Crippen molar-refractivity contribution in [1.29, 1.82) is 5.26 Å². The number of aromatic nitrogens is 2. The van der Waals surface area contributed by atoms with E-state index in [4.69, 9.17) is 4.98 Å². The Morgan fingerprint density at radius 1 is 1.19 bits per heavy atom. The summed E-state index contributed by atoms with van der Waals surface area (Å²) < 4.78 is 0. The molecule has 0 aliphatic heterocycles. The van der Waals surface area contributed by atoms with E-state index >= 15 is 0 Å². The van der Waals surface area contributed by atoms with Crippen LogP contribution in [0.25, 0.3) is 0 Å². The second-order valence-corrected chi connectivity index (χ2v) is 12.0. The topological polar surface area (TPSA) is 97.1 Å². The van der Waals surface area contributed by atoms with Gasteiger partial charge in [0, 0.05) is 37.2 Å². The van der Waals surface area contributed by atoms with Crippen LogP contribution in [0.2, 0.25) is 0 Å². The van der Waals surface area contributed by atoms with E-state index in [1.54, 1.807) is 18.0 Å².